The van der Waals surface area contributed by atoms with E-state index in [1.807, 2.05) is 0 Å². The molecule has 0 aromatic rings. The highest BCUT2D eigenvalue weighted by Gasteiger charge is 2.25. The first kappa shape index (κ1) is 20.5. The molecule has 0 radical (unpaired) electrons. The van der Waals surface area contributed by atoms with Gasteiger partial charge in [0.25, 0.3) is 0 Å². The van der Waals surface area contributed by atoms with Crippen LogP contribution in [0.1, 0.15) is 13.8 Å². The fourth-order valence-corrected chi connectivity index (χ4v) is 2.24. The summed E-state index contributed by atoms with van der Waals surface area (Å²) in [5.41, 5.74) is 14.5. The largest absolute Gasteiger partial charge is 0.409 e. The lowest BCUT2D eigenvalue weighted by atomic mass is 10.2. The third-order valence-electron chi connectivity index (χ3n) is 3.38. The number of nitrogens with two attached hydrogens (primary N) is 2. The molecule has 14 nitrogen and oxygen atoms in total. The zero-order chi connectivity index (χ0) is 19.7. The van der Waals surface area contributed by atoms with Gasteiger partial charge in [-0.15, -0.1) is 0 Å². The van der Waals surface area contributed by atoms with E-state index in [1.54, 1.807) is 23.6 Å². The van der Waals surface area contributed by atoms with Crippen LogP contribution in [0, 0.1) is 0 Å². The minimum atomic E-state index is -0.838. The van der Waals surface area contributed by atoms with Crippen molar-refractivity contribution < 1.29 is 20.0 Å². The van der Waals surface area contributed by atoms with Crippen molar-refractivity contribution in [2.45, 2.75) is 13.8 Å². The van der Waals surface area contributed by atoms with Crippen molar-refractivity contribution in [2.75, 3.05) is 26.2 Å². The second-order valence-electron chi connectivity index (χ2n) is 5.17. The Kier molecular flexibility index (Phi) is 7.60. The number of hydrazone groups is 2. The Hall–Kier alpha value is -3.58. The van der Waals surface area contributed by atoms with Crippen molar-refractivity contribution >= 4 is 35.2 Å². The van der Waals surface area contributed by atoms with Crippen LogP contribution in [0.15, 0.2) is 20.5 Å². The predicted molar refractivity (Wildman–Crippen MR) is 93.2 cm³/mol. The smallest absolute Gasteiger partial charge is 0.332 e. The van der Waals surface area contributed by atoms with E-state index in [9.17, 15) is 20.0 Å². The fraction of sp³-hybridized carbons (Fsp3) is 0.500. The standard InChI is InChI=1S/C12H22N10O4/c1-7(15-17-11(13)23)9(19-25)21-3-5-22(6-4-21)10(20-26)8(2)16-18-12(14)24/h25-26H,3-6H2,1-2H3,(H3,13,17,23)(H3,14,18,24)/b15-7+,16-8+,19-9+,20-10+. The Labute approximate surface area is 148 Å². The van der Waals surface area contributed by atoms with E-state index >= 15 is 0 Å². The van der Waals surface area contributed by atoms with Gasteiger partial charge in [-0.1, -0.05) is 10.3 Å². The molecule has 0 bridgehead atoms. The van der Waals surface area contributed by atoms with Gasteiger partial charge in [0.1, 0.15) is 11.4 Å². The summed E-state index contributed by atoms with van der Waals surface area (Å²) in [5, 5.41) is 32.3. The highest BCUT2D eigenvalue weighted by molar-refractivity contribution is 6.41. The number of piperazine rings is 1. The van der Waals surface area contributed by atoms with Gasteiger partial charge in [-0.25, -0.2) is 20.4 Å². The van der Waals surface area contributed by atoms with Crippen molar-refractivity contribution in [3.05, 3.63) is 0 Å². The van der Waals surface area contributed by atoms with Crippen molar-refractivity contribution in [2.24, 2.45) is 32.0 Å². The molecule has 14 heteroatoms. The molecule has 0 spiro atoms. The summed E-state index contributed by atoms with van der Waals surface area (Å²) in [6, 6.07) is -1.68. The van der Waals surface area contributed by atoms with Crippen LogP contribution >= 0.6 is 0 Å². The molecule has 1 saturated heterocycles. The lowest BCUT2D eigenvalue weighted by Crippen LogP contribution is -2.53. The first-order valence-corrected chi connectivity index (χ1v) is 7.44. The van der Waals surface area contributed by atoms with Crippen LogP contribution in [0.25, 0.3) is 0 Å². The molecule has 144 valence electrons. The van der Waals surface area contributed by atoms with Crippen LogP contribution in [0.2, 0.25) is 0 Å². The van der Waals surface area contributed by atoms with Crippen LogP contribution in [0.3, 0.4) is 0 Å². The number of amidine groups is 2. The number of urea groups is 2. The Bertz CT molecular complexity index is 592. The number of carbonyl (C=O) groups is 2. The molecule has 1 fully saturated rings. The van der Waals surface area contributed by atoms with Crippen LogP contribution < -0.4 is 22.3 Å². The molecule has 0 aromatic carbocycles. The van der Waals surface area contributed by atoms with Gasteiger partial charge < -0.3 is 31.7 Å². The molecule has 0 aliphatic carbocycles. The molecule has 0 atom stereocenters. The topological polar surface area (TPSA) is 207 Å². The van der Waals surface area contributed by atoms with Gasteiger partial charge in [-0.05, 0) is 13.8 Å². The summed E-state index contributed by atoms with van der Waals surface area (Å²) in [6.07, 6.45) is 0. The highest BCUT2D eigenvalue weighted by atomic mass is 16.4. The zero-order valence-corrected chi connectivity index (χ0v) is 14.4. The molecule has 1 rings (SSSR count). The van der Waals surface area contributed by atoms with Crippen molar-refractivity contribution in [1.82, 2.24) is 20.7 Å². The number of oxime groups is 2. The van der Waals surface area contributed by atoms with Gasteiger partial charge in [-0.2, -0.15) is 10.2 Å². The molecule has 1 aliphatic rings. The second-order valence-corrected chi connectivity index (χ2v) is 5.17. The lowest BCUT2D eigenvalue weighted by Gasteiger charge is -2.36. The monoisotopic (exact) mass is 370 g/mol. The minimum Gasteiger partial charge on any atom is -0.409 e. The van der Waals surface area contributed by atoms with Crippen molar-refractivity contribution in [1.29, 1.82) is 0 Å². The number of carbonyl (C=O) groups excluding carboxylic acids is 2. The number of hydrogen-bond acceptors (Lipinski definition) is 8. The minimum absolute atomic E-state index is 0.168. The molecular weight excluding hydrogens is 348 g/mol. The molecule has 0 saturated carbocycles. The maximum atomic E-state index is 10.7. The van der Waals surface area contributed by atoms with Gasteiger partial charge in [0.05, 0.1) is 0 Å². The normalized spacial score (nSPS) is 17.2. The van der Waals surface area contributed by atoms with Crippen LogP contribution in [-0.4, -0.2) is 81.6 Å². The quantitative estimate of drug-likeness (QED) is 0.146. The van der Waals surface area contributed by atoms with Crippen molar-refractivity contribution in [3.63, 3.8) is 0 Å². The average Bonchev–Trinajstić information content (AvgIpc) is 2.60. The van der Waals surface area contributed by atoms with Gasteiger partial charge in [0.15, 0.2) is 11.7 Å². The fourth-order valence-electron chi connectivity index (χ4n) is 2.24. The molecule has 1 heterocycles. The van der Waals surface area contributed by atoms with Gasteiger partial charge in [0.2, 0.25) is 0 Å². The highest BCUT2D eigenvalue weighted by Crippen LogP contribution is 2.06. The van der Waals surface area contributed by atoms with E-state index in [1.165, 1.54) is 0 Å². The Morgan fingerprint density at radius 3 is 1.35 bits per heavy atom. The lowest BCUT2D eigenvalue weighted by molar-refractivity contribution is 0.236. The number of hydrogen-bond donors (Lipinski definition) is 6. The number of rotatable bonds is 4. The van der Waals surface area contributed by atoms with E-state index in [2.05, 4.69) is 31.4 Å². The van der Waals surface area contributed by atoms with Crippen LogP contribution in [0.4, 0.5) is 9.59 Å². The Balaban J connectivity index is 2.75. The Morgan fingerprint density at radius 2 is 1.12 bits per heavy atom. The van der Waals surface area contributed by atoms with E-state index < -0.39 is 12.1 Å². The maximum Gasteiger partial charge on any atom is 0.332 e. The van der Waals surface area contributed by atoms with Gasteiger partial charge in [-0.3, -0.25) is 0 Å². The second kappa shape index (κ2) is 9.65. The SMILES string of the molecule is CC(=N\NC(N)=O)/C(=N\O)N1CCN(C(=N/O)/C(C)=N/NC(N)=O)CC1. The summed E-state index contributed by atoms with van der Waals surface area (Å²) in [6.45, 7) is 4.70. The number of amides is 4. The van der Waals surface area contributed by atoms with Crippen LogP contribution in [0.5, 0.6) is 0 Å². The molecule has 4 amide bonds. The molecule has 0 unspecified atom stereocenters. The zero-order valence-electron chi connectivity index (χ0n) is 14.4. The van der Waals surface area contributed by atoms with Gasteiger partial charge >= 0.3 is 12.1 Å². The molecule has 1 aliphatic heterocycles. The summed E-state index contributed by atoms with van der Waals surface area (Å²) in [5.74, 6) is 0.336. The first-order valence-electron chi connectivity index (χ1n) is 7.44. The molecule has 8 N–H and O–H groups in total. The van der Waals surface area contributed by atoms with E-state index in [4.69, 9.17) is 11.5 Å². The predicted octanol–water partition coefficient (Wildman–Crippen LogP) is -1.73. The third kappa shape index (κ3) is 5.81. The number of primary amides is 2. The number of nitrogens with one attached hydrogen (secondary N) is 2. The molecular formula is C12H22N10O4. The summed E-state index contributed by atoms with van der Waals surface area (Å²) >= 11 is 0. The number of nitrogens with zero attached hydrogens (tertiary/aromatic N) is 6. The molecule has 26 heavy (non-hydrogen) atoms. The Morgan fingerprint density at radius 1 is 0.808 bits per heavy atom. The van der Waals surface area contributed by atoms with Crippen molar-refractivity contribution in [3.8, 4) is 0 Å². The molecule has 0 aromatic heterocycles. The average molecular weight is 370 g/mol. The van der Waals surface area contributed by atoms with Gasteiger partial charge in [0, 0.05) is 26.2 Å². The van der Waals surface area contributed by atoms with E-state index in [0.29, 0.717) is 26.2 Å². The summed E-state index contributed by atoms with van der Waals surface area (Å²) < 4.78 is 0. The van der Waals surface area contributed by atoms with E-state index in [0.717, 1.165) is 0 Å². The summed E-state index contributed by atoms with van der Waals surface area (Å²) in [7, 11) is 0. The van der Waals surface area contributed by atoms with Crippen LogP contribution in [-0.2, 0) is 0 Å². The van der Waals surface area contributed by atoms with E-state index in [-0.39, 0.29) is 23.1 Å². The first-order chi connectivity index (χ1) is 12.3. The maximum absolute atomic E-state index is 10.7. The summed E-state index contributed by atoms with van der Waals surface area (Å²) in [4.78, 5) is 24.8. The third-order valence-corrected chi connectivity index (χ3v) is 3.38.